The average molecular weight is 333 g/mol. The molecule has 0 amide bonds. The maximum Gasteiger partial charge on any atom is 0.416 e. The molecular weight excluding hydrogens is 311 g/mol. The van der Waals surface area contributed by atoms with E-state index in [0.29, 0.717) is 6.54 Å². The minimum Gasteiger partial charge on any atom is -0.469 e. The zero-order valence-electron chi connectivity index (χ0n) is 13.6. The van der Waals surface area contributed by atoms with Crippen molar-refractivity contribution in [2.45, 2.75) is 25.6 Å². The van der Waals surface area contributed by atoms with Gasteiger partial charge in [-0.25, -0.2) is 0 Å². The molecule has 0 aliphatic heterocycles. The molecule has 1 N–H and O–H groups in total. The van der Waals surface area contributed by atoms with Gasteiger partial charge in [0.05, 0.1) is 24.2 Å². The van der Waals surface area contributed by atoms with Crippen LogP contribution in [0, 0.1) is 5.92 Å². The van der Waals surface area contributed by atoms with E-state index in [4.69, 9.17) is 0 Å². The van der Waals surface area contributed by atoms with Crippen molar-refractivity contribution in [3.63, 3.8) is 0 Å². The molecule has 23 heavy (non-hydrogen) atoms. The Morgan fingerprint density at radius 1 is 1.35 bits per heavy atom. The SMILES string of the molecule is COC(=O)C(C)CN(C)CC(C)(O)c1cccc(C(F)(F)F)c1. The number of halogens is 3. The molecule has 0 radical (unpaired) electrons. The lowest BCUT2D eigenvalue weighted by atomic mass is 9.93. The summed E-state index contributed by atoms with van der Waals surface area (Å²) in [6.45, 7) is 3.53. The van der Waals surface area contributed by atoms with E-state index >= 15 is 0 Å². The molecule has 0 aliphatic carbocycles. The summed E-state index contributed by atoms with van der Waals surface area (Å²) in [4.78, 5) is 13.1. The molecular formula is C16H22F3NO3. The first-order valence-corrected chi connectivity index (χ1v) is 7.14. The van der Waals surface area contributed by atoms with Crippen molar-refractivity contribution in [1.82, 2.24) is 4.90 Å². The number of ether oxygens (including phenoxy) is 1. The summed E-state index contributed by atoms with van der Waals surface area (Å²) in [5, 5.41) is 10.5. The number of benzene rings is 1. The molecule has 130 valence electrons. The fourth-order valence-electron chi connectivity index (χ4n) is 2.46. The van der Waals surface area contributed by atoms with Crippen LogP contribution in [0.15, 0.2) is 24.3 Å². The Morgan fingerprint density at radius 3 is 2.43 bits per heavy atom. The number of aliphatic hydroxyl groups is 1. The molecule has 0 heterocycles. The number of carbonyl (C=O) groups is 1. The van der Waals surface area contributed by atoms with Crippen molar-refractivity contribution in [2.24, 2.45) is 5.92 Å². The van der Waals surface area contributed by atoms with E-state index in [1.54, 1.807) is 18.9 Å². The second kappa shape index (κ2) is 7.31. The second-order valence-corrected chi connectivity index (χ2v) is 5.97. The zero-order chi connectivity index (χ0) is 17.8. The van der Waals surface area contributed by atoms with Gasteiger partial charge in [-0.3, -0.25) is 4.79 Å². The van der Waals surface area contributed by atoms with Crippen molar-refractivity contribution in [3.8, 4) is 0 Å². The topological polar surface area (TPSA) is 49.8 Å². The lowest BCUT2D eigenvalue weighted by Crippen LogP contribution is -2.40. The molecule has 0 saturated carbocycles. The predicted molar refractivity (Wildman–Crippen MR) is 79.7 cm³/mol. The molecule has 1 aromatic carbocycles. The van der Waals surface area contributed by atoms with E-state index in [2.05, 4.69) is 4.74 Å². The smallest absolute Gasteiger partial charge is 0.416 e. The standard InChI is InChI=1S/C16H22F3NO3/c1-11(14(21)23-4)9-20(3)10-15(2,22)12-6-5-7-13(8-12)16(17,18)19/h5-8,11,22H,9-10H2,1-4H3. The van der Waals surface area contributed by atoms with E-state index in [9.17, 15) is 23.1 Å². The fraction of sp³-hybridized carbons (Fsp3) is 0.562. The van der Waals surface area contributed by atoms with Crippen LogP contribution in [0.2, 0.25) is 0 Å². The van der Waals surface area contributed by atoms with Crippen LogP contribution < -0.4 is 0 Å². The van der Waals surface area contributed by atoms with Gasteiger partial charge < -0.3 is 14.7 Å². The van der Waals surface area contributed by atoms with Gasteiger partial charge >= 0.3 is 12.1 Å². The molecule has 0 fully saturated rings. The number of nitrogens with zero attached hydrogens (tertiary/aromatic N) is 1. The number of carbonyl (C=O) groups excluding carboxylic acids is 1. The largest absolute Gasteiger partial charge is 0.469 e. The Hall–Kier alpha value is -1.60. The highest BCUT2D eigenvalue weighted by Gasteiger charge is 2.33. The molecule has 1 aromatic rings. The van der Waals surface area contributed by atoms with Crippen molar-refractivity contribution in [1.29, 1.82) is 0 Å². The molecule has 0 aromatic heterocycles. The third-order valence-electron chi connectivity index (χ3n) is 3.58. The normalized spacial score (nSPS) is 16.0. The minimum absolute atomic E-state index is 0.0790. The van der Waals surface area contributed by atoms with Gasteiger partial charge in [0.15, 0.2) is 0 Å². The number of likely N-dealkylation sites (N-methyl/N-ethyl adjacent to an activating group) is 1. The van der Waals surface area contributed by atoms with Gasteiger partial charge in [0.25, 0.3) is 0 Å². The van der Waals surface area contributed by atoms with Gasteiger partial charge in [-0.05, 0) is 31.7 Å². The quantitative estimate of drug-likeness (QED) is 0.813. The maximum atomic E-state index is 12.8. The van der Waals surface area contributed by atoms with Crippen molar-refractivity contribution >= 4 is 5.97 Å². The molecule has 2 atom stereocenters. The summed E-state index contributed by atoms with van der Waals surface area (Å²) in [6, 6.07) is 4.62. The number of methoxy groups -OCH3 is 1. The van der Waals surface area contributed by atoms with Gasteiger partial charge in [-0.15, -0.1) is 0 Å². The number of alkyl halides is 3. The number of rotatable bonds is 6. The maximum absolute atomic E-state index is 12.8. The van der Waals surface area contributed by atoms with Crippen LogP contribution in [0.3, 0.4) is 0 Å². The van der Waals surface area contributed by atoms with Crippen LogP contribution in [-0.2, 0) is 21.3 Å². The van der Waals surface area contributed by atoms with Gasteiger partial charge in [0.1, 0.15) is 0 Å². The van der Waals surface area contributed by atoms with Crippen LogP contribution in [0.25, 0.3) is 0 Å². The van der Waals surface area contributed by atoms with E-state index in [0.717, 1.165) is 12.1 Å². The van der Waals surface area contributed by atoms with Crippen LogP contribution >= 0.6 is 0 Å². The number of hydrogen-bond acceptors (Lipinski definition) is 4. The minimum atomic E-state index is -4.46. The molecule has 0 aliphatic rings. The van der Waals surface area contributed by atoms with Crippen LogP contribution in [0.1, 0.15) is 25.0 Å². The molecule has 4 nitrogen and oxygen atoms in total. The third-order valence-corrected chi connectivity index (χ3v) is 3.58. The van der Waals surface area contributed by atoms with Crippen molar-refractivity contribution < 1.29 is 27.8 Å². The first-order valence-electron chi connectivity index (χ1n) is 7.14. The van der Waals surface area contributed by atoms with Gasteiger partial charge in [-0.1, -0.05) is 19.1 Å². The molecule has 0 spiro atoms. The average Bonchev–Trinajstić information content (AvgIpc) is 2.44. The molecule has 0 bridgehead atoms. The summed E-state index contributed by atoms with van der Waals surface area (Å²) >= 11 is 0. The Bertz CT molecular complexity index is 544. The molecule has 2 unspecified atom stereocenters. The first kappa shape index (κ1) is 19.4. The van der Waals surface area contributed by atoms with Gasteiger partial charge in [-0.2, -0.15) is 13.2 Å². The third kappa shape index (κ3) is 5.51. The van der Waals surface area contributed by atoms with E-state index in [1.807, 2.05) is 0 Å². The van der Waals surface area contributed by atoms with Crippen LogP contribution in [0.5, 0.6) is 0 Å². The molecule has 1 rings (SSSR count). The van der Waals surface area contributed by atoms with Crippen LogP contribution in [-0.4, -0.2) is 43.2 Å². The molecule has 7 heteroatoms. The van der Waals surface area contributed by atoms with E-state index in [1.165, 1.54) is 26.2 Å². The Morgan fingerprint density at radius 2 is 1.91 bits per heavy atom. The fourth-order valence-corrected chi connectivity index (χ4v) is 2.46. The number of esters is 1. The Labute approximate surface area is 133 Å². The Balaban J connectivity index is 2.85. The van der Waals surface area contributed by atoms with Crippen LogP contribution in [0.4, 0.5) is 13.2 Å². The summed E-state index contributed by atoms with van der Waals surface area (Å²) in [6.07, 6.45) is -4.46. The van der Waals surface area contributed by atoms with Gasteiger partial charge in [0, 0.05) is 13.1 Å². The van der Waals surface area contributed by atoms with E-state index < -0.39 is 23.3 Å². The van der Waals surface area contributed by atoms with Crippen molar-refractivity contribution in [3.05, 3.63) is 35.4 Å². The van der Waals surface area contributed by atoms with Crippen molar-refractivity contribution in [2.75, 3.05) is 27.2 Å². The second-order valence-electron chi connectivity index (χ2n) is 5.97. The summed E-state index contributed by atoms with van der Waals surface area (Å²) in [7, 11) is 2.97. The van der Waals surface area contributed by atoms with E-state index in [-0.39, 0.29) is 18.1 Å². The summed E-state index contributed by atoms with van der Waals surface area (Å²) in [5.41, 5.74) is -2.11. The highest BCUT2D eigenvalue weighted by molar-refractivity contribution is 5.72. The monoisotopic (exact) mass is 333 g/mol. The first-order chi connectivity index (χ1) is 10.5. The lowest BCUT2D eigenvalue weighted by molar-refractivity contribution is -0.145. The Kier molecular flexibility index (Phi) is 6.18. The summed E-state index contributed by atoms with van der Waals surface area (Å²) in [5.74, 6) is -0.780. The summed E-state index contributed by atoms with van der Waals surface area (Å²) < 4.78 is 43.0. The highest BCUT2D eigenvalue weighted by Crippen LogP contribution is 2.32. The lowest BCUT2D eigenvalue weighted by Gasteiger charge is -2.31. The molecule has 0 saturated heterocycles. The van der Waals surface area contributed by atoms with Gasteiger partial charge in [0.2, 0.25) is 0 Å². The predicted octanol–water partition coefficient (Wildman–Crippen LogP) is 2.65. The highest BCUT2D eigenvalue weighted by atomic mass is 19.4. The zero-order valence-corrected chi connectivity index (χ0v) is 13.6. The number of hydrogen-bond donors (Lipinski definition) is 1.